The summed E-state index contributed by atoms with van der Waals surface area (Å²) in [4.78, 5) is 29.4. The van der Waals surface area contributed by atoms with Gasteiger partial charge in [-0.1, -0.05) is 92.4 Å². The molecule has 3 aromatic carbocycles. The van der Waals surface area contributed by atoms with Gasteiger partial charge in [0.1, 0.15) is 12.6 Å². The van der Waals surface area contributed by atoms with E-state index in [-0.39, 0.29) is 23.4 Å². The Morgan fingerprint density at radius 1 is 0.929 bits per heavy atom. The summed E-state index contributed by atoms with van der Waals surface area (Å²) in [7, 11) is -4.13. The highest BCUT2D eigenvalue weighted by Gasteiger charge is 2.35. The molecule has 1 fully saturated rings. The summed E-state index contributed by atoms with van der Waals surface area (Å²) < 4.78 is 29.3. The van der Waals surface area contributed by atoms with Gasteiger partial charge in [0.05, 0.1) is 20.6 Å². The molecule has 0 bridgehead atoms. The standard InChI is InChI=1S/C32H37Cl2N3O4S/c1-3-24-12-8-11-17-30(24)37(42(40,41)26-15-6-5-7-16-26)22-31(38)36(21-23-18-19-27(33)28(34)20-23)29(4-2)32(39)35-25-13-9-10-14-25/h5-8,11-12,15-20,25,29H,3-4,9-10,13-14,21-22H2,1-2H3,(H,35,39). The summed E-state index contributed by atoms with van der Waals surface area (Å²) in [6.45, 7) is 3.35. The van der Waals surface area contributed by atoms with Crippen molar-refractivity contribution in [2.45, 2.75) is 75.9 Å². The van der Waals surface area contributed by atoms with Crippen LogP contribution in [0.25, 0.3) is 0 Å². The van der Waals surface area contributed by atoms with Crippen molar-refractivity contribution in [1.82, 2.24) is 10.2 Å². The summed E-state index contributed by atoms with van der Waals surface area (Å²) in [6, 6.07) is 19.5. The van der Waals surface area contributed by atoms with Crippen LogP contribution in [0.5, 0.6) is 0 Å². The first-order valence-electron chi connectivity index (χ1n) is 14.3. The molecule has 42 heavy (non-hydrogen) atoms. The highest BCUT2D eigenvalue weighted by atomic mass is 35.5. The molecule has 1 saturated carbocycles. The van der Waals surface area contributed by atoms with E-state index in [0.717, 1.165) is 35.6 Å². The van der Waals surface area contributed by atoms with Crippen molar-refractivity contribution in [3.05, 3.63) is 94.0 Å². The summed E-state index contributed by atoms with van der Waals surface area (Å²) in [5.74, 6) is -0.746. The van der Waals surface area contributed by atoms with Gasteiger partial charge < -0.3 is 10.2 Å². The third-order valence-electron chi connectivity index (χ3n) is 7.68. The SMILES string of the molecule is CCc1ccccc1N(CC(=O)N(Cc1ccc(Cl)c(Cl)c1)C(CC)C(=O)NC1CCCC1)S(=O)(=O)c1ccccc1. The van der Waals surface area contributed by atoms with Crippen LogP contribution in [-0.2, 0) is 32.6 Å². The van der Waals surface area contributed by atoms with Gasteiger partial charge in [0, 0.05) is 12.6 Å². The normalized spacial score (nSPS) is 14.4. The van der Waals surface area contributed by atoms with E-state index >= 15 is 0 Å². The molecule has 0 aromatic heterocycles. The van der Waals surface area contributed by atoms with Crippen molar-refractivity contribution < 1.29 is 18.0 Å². The van der Waals surface area contributed by atoms with E-state index in [1.54, 1.807) is 48.5 Å². The number of anilines is 1. The lowest BCUT2D eigenvalue weighted by atomic mass is 10.1. The average molecular weight is 631 g/mol. The van der Waals surface area contributed by atoms with E-state index in [9.17, 15) is 18.0 Å². The number of hydrogen-bond acceptors (Lipinski definition) is 4. The number of aryl methyl sites for hydroxylation is 1. The molecule has 0 spiro atoms. The molecule has 2 amide bonds. The Balaban J connectivity index is 1.74. The second-order valence-corrected chi connectivity index (χ2v) is 13.2. The first-order valence-corrected chi connectivity index (χ1v) is 16.5. The molecule has 4 rings (SSSR count). The zero-order valence-corrected chi connectivity index (χ0v) is 26.3. The Morgan fingerprint density at radius 3 is 2.24 bits per heavy atom. The summed E-state index contributed by atoms with van der Waals surface area (Å²) >= 11 is 12.4. The average Bonchev–Trinajstić information content (AvgIpc) is 3.51. The molecule has 0 heterocycles. The lowest BCUT2D eigenvalue weighted by molar-refractivity contribution is -0.140. The number of amides is 2. The Morgan fingerprint density at radius 2 is 1.60 bits per heavy atom. The van der Waals surface area contributed by atoms with Gasteiger partial charge in [0.15, 0.2) is 0 Å². The zero-order valence-electron chi connectivity index (χ0n) is 23.9. The predicted octanol–water partition coefficient (Wildman–Crippen LogP) is 6.62. The number of hydrogen-bond donors (Lipinski definition) is 1. The first-order chi connectivity index (χ1) is 20.1. The van der Waals surface area contributed by atoms with E-state index in [2.05, 4.69) is 5.32 Å². The van der Waals surface area contributed by atoms with Crippen LogP contribution in [0.2, 0.25) is 10.0 Å². The highest BCUT2D eigenvalue weighted by Crippen LogP contribution is 2.29. The van der Waals surface area contributed by atoms with Gasteiger partial charge in [0.25, 0.3) is 10.0 Å². The smallest absolute Gasteiger partial charge is 0.264 e. The number of halogens is 2. The van der Waals surface area contributed by atoms with Crippen LogP contribution in [0.4, 0.5) is 5.69 Å². The van der Waals surface area contributed by atoms with Gasteiger partial charge in [-0.25, -0.2) is 8.42 Å². The van der Waals surface area contributed by atoms with Crippen molar-refractivity contribution in [2.24, 2.45) is 0 Å². The molecule has 1 N–H and O–H groups in total. The lowest BCUT2D eigenvalue weighted by Gasteiger charge is -2.34. The fourth-order valence-corrected chi connectivity index (χ4v) is 7.20. The summed E-state index contributed by atoms with van der Waals surface area (Å²) in [6.07, 6.45) is 4.83. The third kappa shape index (κ3) is 7.46. The highest BCUT2D eigenvalue weighted by molar-refractivity contribution is 7.92. The topological polar surface area (TPSA) is 86.8 Å². The number of carbonyl (C=O) groups excluding carboxylic acids is 2. The van der Waals surface area contributed by atoms with Crippen LogP contribution in [0.1, 0.15) is 57.1 Å². The van der Waals surface area contributed by atoms with Gasteiger partial charge in [-0.2, -0.15) is 0 Å². The molecule has 10 heteroatoms. The molecular formula is C32H37Cl2N3O4S. The van der Waals surface area contributed by atoms with Crippen molar-refractivity contribution in [3.8, 4) is 0 Å². The minimum absolute atomic E-state index is 0.0565. The monoisotopic (exact) mass is 629 g/mol. The van der Waals surface area contributed by atoms with Crippen molar-refractivity contribution in [3.63, 3.8) is 0 Å². The number of rotatable bonds is 12. The summed E-state index contributed by atoms with van der Waals surface area (Å²) in [5, 5.41) is 3.82. The minimum Gasteiger partial charge on any atom is -0.352 e. The van der Waals surface area contributed by atoms with Crippen LogP contribution in [0.3, 0.4) is 0 Å². The van der Waals surface area contributed by atoms with E-state index < -0.39 is 28.5 Å². The first kappa shape index (κ1) is 31.9. The largest absolute Gasteiger partial charge is 0.352 e. The molecule has 1 unspecified atom stereocenters. The summed E-state index contributed by atoms with van der Waals surface area (Å²) in [5.41, 5.74) is 1.89. The number of sulfonamides is 1. The fourth-order valence-electron chi connectivity index (χ4n) is 5.41. The minimum atomic E-state index is -4.13. The molecule has 0 aliphatic heterocycles. The van der Waals surface area contributed by atoms with Gasteiger partial charge in [0.2, 0.25) is 11.8 Å². The predicted molar refractivity (Wildman–Crippen MR) is 168 cm³/mol. The van der Waals surface area contributed by atoms with Crippen molar-refractivity contribution in [1.29, 1.82) is 0 Å². The van der Waals surface area contributed by atoms with Gasteiger partial charge in [-0.3, -0.25) is 13.9 Å². The Kier molecular flexibility index (Phi) is 10.9. The molecule has 7 nitrogen and oxygen atoms in total. The van der Waals surface area contributed by atoms with E-state index in [0.29, 0.717) is 34.1 Å². The van der Waals surface area contributed by atoms with Crippen LogP contribution in [-0.4, -0.2) is 43.8 Å². The van der Waals surface area contributed by atoms with Gasteiger partial charge >= 0.3 is 0 Å². The van der Waals surface area contributed by atoms with E-state index in [1.807, 2.05) is 26.0 Å². The van der Waals surface area contributed by atoms with Gasteiger partial charge in [-0.15, -0.1) is 0 Å². The molecule has 0 saturated heterocycles. The number of carbonyl (C=O) groups is 2. The maximum atomic E-state index is 14.3. The van der Waals surface area contributed by atoms with Crippen LogP contribution in [0.15, 0.2) is 77.7 Å². The van der Waals surface area contributed by atoms with Crippen LogP contribution in [0, 0.1) is 0 Å². The second kappa shape index (κ2) is 14.4. The van der Waals surface area contributed by atoms with Gasteiger partial charge in [-0.05, 0) is 67.1 Å². The number of para-hydroxylation sites is 1. The van der Waals surface area contributed by atoms with Crippen molar-refractivity contribution >= 4 is 50.7 Å². The molecule has 1 aliphatic carbocycles. The maximum absolute atomic E-state index is 14.3. The molecule has 1 atom stereocenters. The zero-order chi connectivity index (χ0) is 30.3. The third-order valence-corrected chi connectivity index (χ3v) is 10.2. The van der Waals surface area contributed by atoms with Crippen LogP contribution < -0.4 is 9.62 Å². The molecular weight excluding hydrogens is 593 g/mol. The fraction of sp³-hybridized carbons (Fsp3) is 0.375. The quantitative estimate of drug-likeness (QED) is 0.244. The number of benzene rings is 3. The number of nitrogens with one attached hydrogen (secondary N) is 1. The molecule has 3 aromatic rings. The molecule has 224 valence electrons. The van der Waals surface area contributed by atoms with Crippen LogP contribution >= 0.6 is 23.2 Å². The number of nitrogens with zero attached hydrogens (tertiary/aromatic N) is 2. The maximum Gasteiger partial charge on any atom is 0.264 e. The second-order valence-electron chi connectivity index (χ2n) is 10.5. The Bertz CT molecular complexity index is 1490. The lowest BCUT2D eigenvalue weighted by Crippen LogP contribution is -2.53. The Labute approximate surface area is 258 Å². The van der Waals surface area contributed by atoms with Crippen molar-refractivity contribution in [2.75, 3.05) is 10.8 Å². The van der Waals surface area contributed by atoms with E-state index in [4.69, 9.17) is 23.2 Å². The molecule has 0 radical (unpaired) electrons. The Hall–Kier alpha value is -3.07. The molecule has 1 aliphatic rings. The van der Waals surface area contributed by atoms with E-state index in [1.165, 1.54) is 17.0 Å².